The zero-order valence-electron chi connectivity index (χ0n) is 25.2. The van der Waals surface area contributed by atoms with E-state index in [1.54, 1.807) is 32.0 Å². The minimum absolute atomic E-state index is 1.36. The molecule has 0 bridgehead atoms. The number of unbranched alkanes of at least 4 members (excludes halogenated alkanes) is 6. The van der Waals surface area contributed by atoms with E-state index in [1.807, 2.05) is 7.16 Å². The molecule has 0 aliphatic carbocycles. The summed E-state index contributed by atoms with van der Waals surface area (Å²) < 4.78 is 13.2. The van der Waals surface area contributed by atoms with Crippen molar-refractivity contribution in [3.05, 3.63) is 36.4 Å². The van der Waals surface area contributed by atoms with Crippen molar-refractivity contribution < 1.29 is 0 Å². The molecule has 0 saturated heterocycles. The summed E-state index contributed by atoms with van der Waals surface area (Å²) in [4.78, 5) is 0. The van der Waals surface area contributed by atoms with Gasteiger partial charge >= 0.3 is 236 Å². The summed E-state index contributed by atoms with van der Waals surface area (Å²) in [5.41, 5.74) is 0. The Morgan fingerprint density at radius 2 is 0.667 bits per heavy atom. The van der Waals surface area contributed by atoms with Gasteiger partial charge in [0.05, 0.1) is 0 Å². The van der Waals surface area contributed by atoms with E-state index in [1.165, 1.54) is 82.4 Å². The third-order valence-corrected chi connectivity index (χ3v) is 40.3. The van der Waals surface area contributed by atoms with E-state index in [2.05, 4.69) is 77.9 Å². The molecule has 2 rings (SSSR count). The average molecular weight is 706 g/mol. The molecule has 0 saturated carbocycles. The van der Waals surface area contributed by atoms with Gasteiger partial charge in [-0.05, 0) is 0 Å². The van der Waals surface area contributed by atoms with E-state index < -0.39 is 36.8 Å². The van der Waals surface area contributed by atoms with Crippen LogP contribution in [0.3, 0.4) is 0 Å². The quantitative estimate of drug-likeness (QED) is 0.120. The Labute approximate surface area is 234 Å². The number of benzene rings is 2. The van der Waals surface area contributed by atoms with Crippen LogP contribution in [0.25, 0.3) is 10.8 Å². The third-order valence-electron chi connectivity index (χ3n) is 9.12. The predicted molar refractivity (Wildman–Crippen MR) is 173 cm³/mol. The summed E-state index contributed by atoms with van der Waals surface area (Å²) in [7, 11) is 0. The van der Waals surface area contributed by atoms with Gasteiger partial charge in [0.2, 0.25) is 0 Å². The van der Waals surface area contributed by atoms with E-state index in [-0.39, 0.29) is 0 Å². The molecule has 0 fully saturated rings. The molecule has 0 atom stereocenters. The normalized spacial score (nSPS) is 12.5. The van der Waals surface area contributed by atoms with Crippen LogP contribution in [0.15, 0.2) is 36.4 Å². The van der Waals surface area contributed by atoms with Gasteiger partial charge in [0.15, 0.2) is 0 Å². The van der Waals surface area contributed by atoms with Crippen molar-refractivity contribution in [2.75, 3.05) is 0 Å². The van der Waals surface area contributed by atoms with Crippen LogP contribution >= 0.6 is 0 Å². The molecule has 2 aromatic carbocycles. The van der Waals surface area contributed by atoms with E-state index in [0.717, 1.165) is 0 Å². The molecule has 2 aromatic rings. The summed E-state index contributed by atoms with van der Waals surface area (Å²) >= 11 is -4.80. The van der Waals surface area contributed by atoms with E-state index in [0.29, 0.717) is 0 Å². The summed E-state index contributed by atoms with van der Waals surface area (Å²) in [5.74, 6) is 0. The van der Waals surface area contributed by atoms with E-state index in [4.69, 9.17) is 0 Å². The molecule has 0 N–H and O–H groups in total. The molecule has 0 radical (unpaired) electrons. The molecule has 0 heterocycles. The molecule has 36 heavy (non-hydrogen) atoms. The molecule has 0 spiro atoms. The molecular weight excluding hydrogens is 646 g/mol. The second kappa shape index (κ2) is 17.8. The van der Waals surface area contributed by atoms with Crippen molar-refractivity contribution in [1.82, 2.24) is 0 Å². The number of hydrogen-bond acceptors (Lipinski definition) is 0. The maximum atomic E-state index is 2.76. The second-order valence-corrected chi connectivity index (χ2v) is 38.4. The topological polar surface area (TPSA) is 0 Å². The molecule has 0 amide bonds. The van der Waals surface area contributed by atoms with Crippen molar-refractivity contribution in [1.29, 1.82) is 0 Å². The summed E-state index contributed by atoms with van der Waals surface area (Å²) in [6.07, 6.45) is 16.9. The van der Waals surface area contributed by atoms with Gasteiger partial charge in [-0.15, -0.1) is 0 Å². The van der Waals surface area contributed by atoms with Crippen LogP contribution in [-0.4, -0.2) is 36.8 Å². The Morgan fingerprint density at radius 1 is 0.389 bits per heavy atom. The van der Waals surface area contributed by atoms with Gasteiger partial charge in [0.1, 0.15) is 0 Å². The van der Waals surface area contributed by atoms with Crippen LogP contribution in [0.5, 0.6) is 0 Å². The first-order chi connectivity index (χ1) is 17.5. The first-order valence-corrected chi connectivity index (χ1v) is 31.1. The number of rotatable bonds is 20. The minimum atomic E-state index is -2.40. The Bertz CT molecular complexity index is 745. The van der Waals surface area contributed by atoms with Crippen LogP contribution in [0.1, 0.15) is 119 Å². The SMILES string of the molecule is CCC[CH2][Sn]([CH2]CCC)([CH2]CCC)[c]1ccc2cc[c]([Sn]([CH2]CCC)([CH2]CCC)[CH2]CCC)cc2c1. The zero-order chi connectivity index (χ0) is 26.3. The van der Waals surface area contributed by atoms with Gasteiger partial charge < -0.3 is 0 Å². The fourth-order valence-electron chi connectivity index (χ4n) is 6.61. The standard InChI is InChI=1S/C10H6.6C4H9.2Sn/c1-2-6-10-8-4-3-7-9(10)5-1;6*1-3-4-2;;/h1,3,5-8H;6*1,3-4H2,2H3;;. The van der Waals surface area contributed by atoms with Crippen molar-refractivity contribution in [2.45, 2.75) is 145 Å². The van der Waals surface area contributed by atoms with E-state index in [9.17, 15) is 0 Å². The van der Waals surface area contributed by atoms with Gasteiger partial charge in [-0.3, -0.25) is 0 Å². The molecule has 0 unspecified atom stereocenters. The van der Waals surface area contributed by atoms with Gasteiger partial charge in [-0.25, -0.2) is 0 Å². The van der Waals surface area contributed by atoms with Crippen LogP contribution in [0, 0.1) is 0 Å². The van der Waals surface area contributed by atoms with Gasteiger partial charge in [-0.1, -0.05) is 0 Å². The summed E-state index contributed by atoms with van der Waals surface area (Å²) in [6, 6.07) is 15.8. The van der Waals surface area contributed by atoms with Crippen LogP contribution in [0.4, 0.5) is 0 Å². The zero-order valence-corrected chi connectivity index (χ0v) is 30.9. The van der Waals surface area contributed by atoms with Gasteiger partial charge in [0, 0.05) is 0 Å². The Morgan fingerprint density at radius 3 is 0.917 bits per heavy atom. The maximum absolute atomic E-state index is 2.76. The van der Waals surface area contributed by atoms with E-state index >= 15 is 0 Å². The molecule has 0 aromatic heterocycles. The average Bonchev–Trinajstić information content (AvgIpc) is 2.92. The Balaban J connectivity index is 2.60. The monoisotopic (exact) mass is 708 g/mol. The van der Waals surface area contributed by atoms with Crippen molar-refractivity contribution in [2.24, 2.45) is 0 Å². The number of fused-ring (bicyclic) bond motifs is 1. The van der Waals surface area contributed by atoms with Gasteiger partial charge in [0.25, 0.3) is 0 Å². The molecule has 0 aliphatic rings. The number of hydrogen-bond donors (Lipinski definition) is 0. The Kier molecular flexibility index (Phi) is 16.1. The second-order valence-electron chi connectivity index (χ2n) is 12.0. The van der Waals surface area contributed by atoms with Crippen LogP contribution < -0.4 is 7.16 Å². The predicted octanol–water partition coefficient (Wildman–Crippen LogP) is 11.0. The third kappa shape index (κ3) is 9.20. The fourth-order valence-corrected chi connectivity index (χ4v) is 38.6. The molecular formula is C34H60Sn2. The van der Waals surface area contributed by atoms with Crippen molar-refractivity contribution >= 4 is 54.7 Å². The van der Waals surface area contributed by atoms with Crippen LogP contribution in [0.2, 0.25) is 26.6 Å². The van der Waals surface area contributed by atoms with Crippen molar-refractivity contribution in [3.8, 4) is 0 Å². The van der Waals surface area contributed by atoms with Crippen molar-refractivity contribution in [3.63, 3.8) is 0 Å². The molecule has 0 aliphatic heterocycles. The molecule has 0 nitrogen and oxygen atoms in total. The van der Waals surface area contributed by atoms with Gasteiger partial charge in [-0.2, -0.15) is 0 Å². The molecule has 204 valence electrons. The summed E-state index contributed by atoms with van der Waals surface area (Å²) in [6.45, 7) is 14.4. The Hall–Kier alpha value is 0.297. The fraction of sp³-hybridized carbons (Fsp3) is 0.706. The summed E-state index contributed by atoms with van der Waals surface area (Å²) in [5, 5.41) is 3.09. The molecule has 2 heteroatoms. The van der Waals surface area contributed by atoms with Crippen LogP contribution in [-0.2, 0) is 0 Å². The first kappa shape index (κ1) is 32.5. The first-order valence-electron chi connectivity index (χ1n) is 16.1.